The average molecular weight is 287 g/mol. The monoisotopic (exact) mass is 287 g/mol. The van der Waals surface area contributed by atoms with E-state index < -0.39 is 10.0 Å². The highest BCUT2D eigenvalue weighted by atomic mass is 32.2. The van der Waals surface area contributed by atoms with Gasteiger partial charge in [-0.3, -0.25) is 0 Å². The van der Waals surface area contributed by atoms with E-state index in [1.165, 1.54) is 0 Å². The smallest absolute Gasteiger partial charge is 0.244 e. The molecule has 0 atom stereocenters. The van der Waals surface area contributed by atoms with Crippen molar-refractivity contribution in [2.75, 3.05) is 6.54 Å². The van der Waals surface area contributed by atoms with Crippen molar-refractivity contribution in [2.24, 2.45) is 5.73 Å². The molecule has 0 aliphatic heterocycles. The molecule has 0 saturated heterocycles. The van der Waals surface area contributed by atoms with Gasteiger partial charge in [-0.25, -0.2) is 8.42 Å². The van der Waals surface area contributed by atoms with Crippen LogP contribution in [0.2, 0.25) is 0 Å². The molecule has 0 saturated carbocycles. The Morgan fingerprint density at radius 1 is 1.37 bits per heavy atom. The zero-order valence-electron chi connectivity index (χ0n) is 12.3. The van der Waals surface area contributed by atoms with Gasteiger partial charge in [0.2, 0.25) is 10.0 Å². The Labute approximate surface area is 116 Å². The lowest BCUT2D eigenvalue weighted by Crippen LogP contribution is -2.37. The molecule has 1 rings (SSSR count). The molecular weight excluding hydrogens is 262 g/mol. The van der Waals surface area contributed by atoms with Crippen molar-refractivity contribution in [3.8, 4) is 0 Å². The van der Waals surface area contributed by atoms with Crippen molar-refractivity contribution in [3.05, 3.63) is 18.0 Å². The van der Waals surface area contributed by atoms with E-state index in [-0.39, 0.29) is 6.04 Å². The molecule has 0 unspecified atom stereocenters. The molecule has 0 aliphatic rings. The van der Waals surface area contributed by atoms with Crippen LogP contribution in [-0.4, -0.2) is 29.9 Å². The molecule has 19 heavy (non-hydrogen) atoms. The average Bonchev–Trinajstić information content (AvgIpc) is 2.79. The number of rotatable bonds is 7. The largest absolute Gasteiger partial charge is 0.349 e. The fourth-order valence-electron chi connectivity index (χ4n) is 2.14. The second kappa shape index (κ2) is 6.54. The highest BCUT2D eigenvalue weighted by Crippen LogP contribution is 2.21. The van der Waals surface area contributed by atoms with Crippen molar-refractivity contribution in [3.63, 3.8) is 0 Å². The van der Waals surface area contributed by atoms with Crippen LogP contribution in [0.4, 0.5) is 0 Å². The van der Waals surface area contributed by atoms with Crippen LogP contribution in [0.25, 0.3) is 0 Å². The van der Waals surface area contributed by atoms with E-state index in [0.717, 1.165) is 18.7 Å². The van der Waals surface area contributed by atoms with E-state index in [1.54, 1.807) is 16.6 Å². The van der Waals surface area contributed by atoms with Crippen LogP contribution in [0, 0.1) is 0 Å². The van der Waals surface area contributed by atoms with Crippen LogP contribution in [0.3, 0.4) is 0 Å². The lowest BCUT2D eigenvalue weighted by molar-refractivity contribution is 0.354. The fraction of sp³-hybridized carbons (Fsp3) is 0.692. The van der Waals surface area contributed by atoms with Crippen LogP contribution in [0.5, 0.6) is 0 Å². The van der Waals surface area contributed by atoms with E-state index in [9.17, 15) is 8.42 Å². The Bertz CT molecular complexity index is 484. The summed E-state index contributed by atoms with van der Waals surface area (Å²) in [5.74, 6) is 0. The molecule has 6 heteroatoms. The third-order valence-electron chi connectivity index (χ3n) is 3.14. The summed E-state index contributed by atoms with van der Waals surface area (Å²) in [6.07, 6.45) is 2.48. The molecule has 5 nitrogen and oxygen atoms in total. The molecule has 0 amide bonds. The molecular formula is C13H25N3O2S. The van der Waals surface area contributed by atoms with Gasteiger partial charge in [0.25, 0.3) is 0 Å². The maximum Gasteiger partial charge on any atom is 0.244 e. The summed E-state index contributed by atoms with van der Waals surface area (Å²) in [5.41, 5.74) is 6.50. The Balaban J connectivity index is 3.21. The highest BCUT2D eigenvalue weighted by molar-refractivity contribution is 7.89. The molecule has 0 aliphatic carbocycles. The van der Waals surface area contributed by atoms with Crippen molar-refractivity contribution < 1.29 is 8.42 Å². The van der Waals surface area contributed by atoms with Gasteiger partial charge in [0.05, 0.1) is 0 Å². The summed E-state index contributed by atoms with van der Waals surface area (Å²) in [4.78, 5) is 0.344. The maximum atomic E-state index is 12.6. The predicted octanol–water partition coefficient (Wildman–Crippen LogP) is 1.78. The Morgan fingerprint density at radius 2 is 2.00 bits per heavy atom. The van der Waals surface area contributed by atoms with Gasteiger partial charge < -0.3 is 10.3 Å². The van der Waals surface area contributed by atoms with E-state index in [1.807, 2.05) is 32.3 Å². The van der Waals surface area contributed by atoms with Crippen molar-refractivity contribution in [1.82, 2.24) is 8.87 Å². The number of hydrogen-bond acceptors (Lipinski definition) is 3. The summed E-state index contributed by atoms with van der Waals surface area (Å²) in [6.45, 7) is 9.35. The third-order valence-corrected chi connectivity index (χ3v) is 5.18. The number of sulfonamides is 1. The first-order valence-corrected chi connectivity index (χ1v) is 8.23. The number of nitrogens with zero attached hydrogens (tertiary/aromatic N) is 2. The topological polar surface area (TPSA) is 68.3 Å². The van der Waals surface area contributed by atoms with Gasteiger partial charge in [-0.05, 0) is 33.3 Å². The van der Waals surface area contributed by atoms with Crippen LogP contribution in [0.15, 0.2) is 17.2 Å². The molecule has 0 aromatic carbocycles. The SMILES string of the molecule is CCCN(C(C)C)S(=O)(=O)c1cc(CN)n(CC)c1. The third kappa shape index (κ3) is 3.38. The minimum absolute atomic E-state index is 0.0451. The molecule has 0 bridgehead atoms. The second-order valence-corrected chi connectivity index (χ2v) is 6.76. The minimum Gasteiger partial charge on any atom is -0.349 e. The summed E-state index contributed by atoms with van der Waals surface area (Å²) >= 11 is 0. The van der Waals surface area contributed by atoms with Gasteiger partial charge in [0.15, 0.2) is 0 Å². The Morgan fingerprint density at radius 3 is 2.37 bits per heavy atom. The van der Waals surface area contributed by atoms with E-state index >= 15 is 0 Å². The molecule has 1 aromatic rings. The summed E-state index contributed by atoms with van der Waals surface area (Å²) in [5, 5.41) is 0. The standard InChI is InChI=1S/C13H25N3O2S/c1-5-7-16(11(3)4)19(17,18)13-8-12(9-14)15(6-2)10-13/h8,10-11H,5-7,9,14H2,1-4H3. The first-order valence-electron chi connectivity index (χ1n) is 6.79. The Kier molecular flexibility index (Phi) is 5.58. The lowest BCUT2D eigenvalue weighted by atomic mass is 10.4. The van der Waals surface area contributed by atoms with Crippen molar-refractivity contribution in [1.29, 1.82) is 0 Å². The van der Waals surface area contributed by atoms with Gasteiger partial charge in [-0.15, -0.1) is 0 Å². The van der Waals surface area contributed by atoms with Crippen molar-refractivity contribution in [2.45, 2.75) is 58.1 Å². The van der Waals surface area contributed by atoms with Gasteiger partial charge in [0, 0.05) is 37.6 Å². The van der Waals surface area contributed by atoms with Crippen LogP contribution in [-0.2, 0) is 23.1 Å². The first kappa shape index (κ1) is 16.2. The van der Waals surface area contributed by atoms with Crippen molar-refractivity contribution >= 4 is 10.0 Å². The molecule has 1 heterocycles. The minimum atomic E-state index is -3.43. The van der Waals surface area contributed by atoms with Gasteiger partial charge in [-0.1, -0.05) is 6.92 Å². The molecule has 1 aromatic heterocycles. The van der Waals surface area contributed by atoms with Crippen LogP contribution in [0.1, 0.15) is 39.8 Å². The zero-order chi connectivity index (χ0) is 14.6. The number of aryl methyl sites for hydroxylation is 1. The molecule has 2 N–H and O–H groups in total. The molecule has 110 valence electrons. The van der Waals surface area contributed by atoms with E-state index in [2.05, 4.69) is 0 Å². The first-order chi connectivity index (χ1) is 8.88. The normalized spacial score (nSPS) is 12.6. The second-order valence-electron chi connectivity index (χ2n) is 4.87. The highest BCUT2D eigenvalue weighted by Gasteiger charge is 2.27. The van der Waals surface area contributed by atoms with Crippen LogP contribution >= 0.6 is 0 Å². The fourth-order valence-corrected chi connectivity index (χ4v) is 3.94. The summed E-state index contributed by atoms with van der Waals surface area (Å²) in [7, 11) is -3.43. The predicted molar refractivity (Wildman–Crippen MR) is 77.3 cm³/mol. The van der Waals surface area contributed by atoms with Gasteiger partial charge >= 0.3 is 0 Å². The lowest BCUT2D eigenvalue weighted by Gasteiger charge is -2.24. The zero-order valence-corrected chi connectivity index (χ0v) is 13.1. The summed E-state index contributed by atoms with van der Waals surface area (Å²) < 4.78 is 28.7. The quantitative estimate of drug-likeness (QED) is 0.831. The van der Waals surface area contributed by atoms with Crippen LogP contribution < -0.4 is 5.73 Å². The molecule has 0 fully saturated rings. The molecule has 0 radical (unpaired) electrons. The summed E-state index contributed by atoms with van der Waals surface area (Å²) in [6, 6.07) is 1.64. The van der Waals surface area contributed by atoms with Gasteiger partial charge in [0.1, 0.15) is 4.90 Å². The van der Waals surface area contributed by atoms with Gasteiger partial charge in [-0.2, -0.15) is 4.31 Å². The maximum absolute atomic E-state index is 12.6. The van der Waals surface area contributed by atoms with E-state index in [0.29, 0.717) is 18.0 Å². The van der Waals surface area contributed by atoms with E-state index in [4.69, 9.17) is 5.73 Å². The Hall–Kier alpha value is -0.850. The molecule has 0 spiro atoms. The number of hydrogen-bond donors (Lipinski definition) is 1. The number of nitrogens with two attached hydrogens (primary N) is 1. The number of aromatic nitrogens is 1.